The third-order valence-electron chi connectivity index (χ3n) is 9.70. The summed E-state index contributed by atoms with van der Waals surface area (Å²) in [5, 5.41) is 9.88. The van der Waals surface area contributed by atoms with Gasteiger partial charge in [0, 0.05) is 16.3 Å². The third kappa shape index (κ3) is 6.74. The van der Waals surface area contributed by atoms with Gasteiger partial charge in [0.25, 0.3) is 10.0 Å². The van der Waals surface area contributed by atoms with Crippen molar-refractivity contribution in [2.45, 2.75) is 93.5 Å². The van der Waals surface area contributed by atoms with E-state index in [2.05, 4.69) is 4.98 Å². The number of aryl methyl sites for hydroxylation is 3. The molecular formula is C36H34Cl2F8N2O4SSi. The minimum atomic E-state index is -4.92. The number of nitrogens with one attached hydrogen (secondary N) is 1. The molecular weight excluding hydrogens is 807 g/mol. The lowest BCUT2D eigenvalue weighted by Crippen LogP contribution is -2.53. The summed E-state index contributed by atoms with van der Waals surface area (Å²) in [6.07, 6.45) is -9.77. The van der Waals surface area contributed by atoms with Gasteiger partial charge >= 0.3 is 12.4 Å². The van der Waals surface area contributed by atoms with Crippen LogP contribution in [-0.4, -0.2) is 43.2 Å². The Morgan fingerprint density at radius 1 is 0.833 bits per heavy atom. The number of halogens is 10. The molecule has 2 atom stereocenters. The second kappa shape index (κ2) is 13.5. The molecule has 2 unspecified atom stereocenters. The molecule has 0 amide bonds. The van der Waals surface area contributed by atoms with Crippen LogP contribution in [0, 0.1) is 18.6 Å². The fraction of sp³-hybridized carbons (Fsp3) is 0.389. The number of aromatic nitrogens is 2. The molecule has 0 bridgehead atoms. The van der Waals surface area contributed by atoms with Crippen LogP contribution < -0.4 is 0 Å². The summed E-state index contributed by atoms with van der Waals surface area (Å²) >= 11 is 11.6. The topological polar surface area (TPSA) is 84.3 Å². The molecule has 2 aromatic heterocycles. The zero-order valence-corrected chi connectivity index (χ0v) is 32.5. The molecule has 0 saturated heterocycles. The molecule has 0 saturated carbocycles. The molecule has 0 fully saturated rings. The highest BCUT2D eigenvalue weighted by Crippen LogP contribution is 2.54. The van der Waals surface area contributed by atoms with E-state index >= 15 is 0 Å². The third-order valence-corrected chi connectivity index (χ3v) is 13.0. The first-order chi connectivity index (χ1) is 24.8. The number of hydrogen-bond donors (Lipinski definition) is 2. The zero-order valence-electron chi connectivity index (χ0n) is 29.2. The van der Waals surface area contributed by atoms with Gasteiger partial charge in [0.2, 0.25) is 5.60 Å². The average molecular weight is 842 g/mol. The van der Waals surface area contributed by atoms with Crippen LogP contribution in [0.4, 0.5) is 35.1 Å². The first-order valence-electron chi connectivity index (χ1n) is 16.7. The SMILES string of the molecule is Cc1ccc(S(=O)(=O)n2c3c(c4cc(F)c(Cl)cc42)CCCC3(O[Si](C)(C)C)C(F)(F)F)cc1.OC1(C(F)(F)F)CCCc2c1[nH]c1cc(Cl)c(F)cc21. The van der Waals surface area contributed by atoms with Crippen LogP contribution in [0.25, 0.3) is 21.8 Å². The summed E-state index contributed by atoms with van der Waals surface area (Å²) in [4.78, 5) is 2.37. The summed E-state index contributed by atoms with van der Waals surface area (Å²) < 4.78 is 146. The van der Waals surface area contributed by atoms with Crippen LogP contribution in [0.5, 0.6) is 0 Å². The Morgan fingerprint density at radius 3 is 1.96 bits per heavy atom. The number of hydrogen-bond acceptors (Lipinski definition) is 4. The van der Waals surface area contributed by atoms with Gasteiger partial charge in [-0.15, -0.1) is 0 Å². The molecule has 0 radical (unpaired) electrons. The Kier molecular flexibility index (Phi) is 10.1. The van der Waals surface area contributed by atoms with Crippen LogP contribution in [-0.2, 0) is 38.5 Å². The van der Waals surface area contributed by atoms with E-state index in [-0.39, 0.29) is 56.4 Å². The van der Waals surface area contributed by atoms with Gasteiger partial charge in [-0.2, -0.15) is 26.3 Å². The second-order valence-corrected chi connectivity index (χ2v) is 21.6. The van der Waals surface area contributed by atoms with E-state index in [9.17, 15) is 48.6 Å². The summed E-state index contributed by atoms with van der Waals surface area (Å²) in [7, 11) is -7.39. The maximum atomic E-state index is 14.9. The molecule has 3 aromatic carbocycles. The van der Waals surface area contributed by atoms with Gasteiger partial charge in [-0.3, -0.25) is 0 Å². The van der Waals surface area contributed by atoms with Gasteiger partial charge in [0.15, 0.2) is 13.9 Å². The molecule has 292 valence electrons. The summed E-state index contributed by atoms with van der Waals surface area (Å²) in [5.41, 5.74) is -5.18. The van der Waals surface area contributed by atoms with Crippen LogP contribution >= 0.6 is 23.2 Å². The van der Waals surface area contributed by atoms with Crippen molar-refractivity contribution in [3.63, 3.8) is 0 Å². The number of alkyl halides is 6. The standard InChI is InChI=1S/C23H24ClF4NO3SSi.C13H10ClF4NO/c1-14-7-9-15(10-8-14)33(30,31)29-20-13-18(24)19(25)12-17(20)16-6-5-11-22(21(16)29,23(26,27)28)32-34(2,3)4;14-8-5-10-7(4-9(8)15)6-2-1-3-12(20,11(6)19-10)13(16,17)18/h7-10,12-13H,5-6,11H2,1-4H3;4-5,19-20H,1-3H2. The largest absolute Gasteiger partial charge is 0.422 e. The first-order valence-corrected chi connectivity index (χ1v) is 22.3. The normalized spacial score (nSPS) is 20.8. The molecule has 54 heavy (non-hydrogen) atoms. The molecule has 2 aliphatic rings. The molecule has 2 aliphatic carbocycles. The lowest BCUT2D eigenvalue weighted by atomic mass is 9.82. The van der Waals surface area contributed by atoms with Crippen LogP contribution in [0.3, 0.4) is 0 Å². The predicted octanol–water partition coefficient (Wildman–Crippen LogP) is 11.0. The van der Waals surface area contributed by atoms with E-state index in [4.69, 9.17) is 27.6 Å². The van der Waals surface area contributed by atoms with Gasteiger partial charge in [-0.25, -0.2) is 21.2 Å². The quantitative estimate of drug-likeness (QED) is 0.139. The van der Waals surface area contributed by atoms with Crippen molar-refractivity contribution in [1.82, 2.24) is 8.96 Å². The second-order valence-electron chi connectivity index (χ2n) is 14.6. The molecule has 2 heterocycles. The van der Waals surface area contributed by atoms with Crippen molar-refractivity contribution < 1.29 is 53.1 Å². The average Bonchev–Trinajstić information content (AvgIpc) is 3.57. The van der Waals surface area contributed by atoms with Crippen molar-refractivity contribution in [2.75, 3.05) is 0 Å². The number of nitrogens with zero attached hydrogens (tertiary/aromatic N) is 1. The Balaban J connectivity index is 0.000000210. The molecule has 5 aromatic rings. The van der Waals surface area contributed by atoms with E-state index in [1.54, 1.807) is 38.7 Å². The van der Waals surface area contributed by atoms with Gasteiger partial charge in [-0.05, 0) is 113 Å². The lowest BCUT2D eigenvalue weighted by molar-refractivity contribution is -0.272. The first kappa shape index (κ1) is 40.5. The number of aliphatic hydroxyl groups is 1. The van der Waals surface area contributed by atoms with Crippen molar-refractivity contribution in [3.8, 4) is 0 Å². The van der Waals surface area contributed by atoms with E-state index in [0.29, 0.717) is 26.9 Å². The summed E-state index contributed by atoms with van der Waals surface area (Å²) in [5.74, 6) is -1.53. The van der Waals surface area contributed by atoms with Crippen molar-refractivity contribution >= 4 is 63.3 Å². The van der Waals surface area contributed by atoms with Crippen molar-refractivity contribution in [2.24, 2.45) is 0 Å². The van der Waals surface area contributed by atoms with Crippen LogP contribution in [0.1, 0.15) is 53.8 Å². The fourth-order valence-electron chi connectivity index (χ4n) is 7.42. The minimum absolute atomic E-state index is 0.0834. The van der Waals surface area contributed by atoms with Gasteiger partial charge < -0.3 is 14.5 Å². The molecule has 0 aliphatic heterocycles. The minimum Gasteiger partial charge on any atom is -0.399 e. The van der Waals surface area contributed by atoms with Crippen molar-refractivity contribution in [3.05, 3.63) is 98.3 Å². The van der Waals surface area contributed by atoms with Crippen molar-refractivity contribution in [1.29, 1.82) is 0 Å². The van der Waals surface area contributed by atoms with Gasteiger partial charge in [0.1, 0.15) is 11.6 Å². The highest BCUT2D eigenvalue weighted by molar-refractivity contribution is 7.90. The van der Waals surface area contributed by atoms with E-state index in [1.165, 1.54) is 18.2 Å². The maximum Gasteiger partial charge on any atom is 0.422 e. The van der Waals surface area contributed by atoms with E-state index < -0.39 is 72.1 Å². The highest BCUT2D eigenvalue weighted by Gasteiger charge is 2.63. The number of aromatic amines is 1. The Bertz CT molecular complexity index is 2390. The highest BCUT2D eigenvalue weighted by atomic mass is 35.5. The number of rotatable bonds is 4. The smallest absolute Gasteiger partial charge is 0.399 e. The fourth-order valence-corrected chi connectivity index (χ4v) is 10.7. The maximum absolute atomic E-state index is 14.9. The van der Waals surface area contributed by atoms with E-state index in [0.717, 1.165) is 23.8 Å². The van der Waals surface area contributed by atoms with Crippen LogP contribution in [0.2, 0.25) is 29.7 Å². The number of H-pyrrole nitrogens is 1. The molecule has 6 nitrogen and oxygen atoms in total. The Morgan fingerprint density at radius 2 is 1.39 bits per heavy atom. The zero-order chi connectivity index (χ0) is 40.0. The summed E-state index contributed by atoms with van der Waals surface area (Å²) in [6, 6.07) is 10.2. The van der Waals surface area contributed by atoms with Crippen LogP contribution in [0.15, 0.2) is 53.4 Å². The lowest BCUT2D eigenvalue weighted by Gasteiger charge is -2.43. The Labute approximate surface area is 316 Å². The molecule has 0 spiro atoms. The van der Waals surface area contributed by atoms with E-state index in [1.807, 2.05) is 0 Å². The number of benzene rings is 3. The van der Waals surface area contributed by atoms with Gasteiger partial charge in [-0.1, -0.05) is 40.9 Å². The predicted molar refractivity (Wildman–Crippen MR) is 192 cm³/mol. The molecule has 18 heteroatoms. The number of fused-ring (bicyclic) bond motifs is 6. The molecule has 2 N–H and O–H groups in total. The molecule has 7 rings (SSSR count). The monoisotopic (exact) mass is 840 g/mol. The van der Waals surface area contributed by atoms with Gasteiger partial charge in [0.05, 0.1) is 31.8 Å². The Hall–Kier alpha value is -3.15. The summed E-state index contributed by atoms with van der Waals surface area (Å²) in [6.45, 7) is 6.62.